The summed E-state index contributed by atoms with van der Waals surface area (Å²) in [7, 11) is 0. The van der Waals surface area contributed by atoms with Gasteiger partial charge in [0.05, 0.1) is 17.6 Å². The highest BCUT2D eigenvalue weighted by molar-refractivity contribution is 9.10. The van der Waals surface area contributed by atoms with Crippen LogP contribution in [0.3, 0.4) is 0 Å². The average molecular weight is 280 g/mol. The molecule has 1 aromatic carbocycles. The van der Waals surface area contributed by atoms with Crippen molar-refractivity contribution in [1.82, 2.24) is 15.0 Å². The van der Waals surface area contributed by atoms with E-state index in [1.54, 1.807) is 0 Å². The molecule has 84 valence electrons. The summed E-state index contributed by atoms with van der Waals surface area (Å²) in [6.45, 7) is 2.19. The molecule has 16 heavy (non-hydrogen) atoms. The van der Waals surface area contributed by atoms with E-state index in [1.807, 2.05) is 35.1 Å². The largest absolute Gasteiger partial charge is 0.218 e. The van der Waals surface area contributed by atoms with Gasteiger partial charge in [0.2, 0.25) is 0 Å². The van der Waals surface area contributed by atoms with Crippen LogP contribution in [-0.4, -0.2) is 15.0 Å². The van der Waals surface area contributed by atoms with E-state index in [0.29, 0.717) is 0 Å². The quantitative estimate of drug-likeness (QED) is 0.859. The van der Waals surface area contributed by atoms with Crippen LogP contribution in [0.5, 0.6) is 0 Å². The number of hydrogen-bond donors (Lipinski definition) is 0. The third-order valence-corrected chi connectivity index (χ3v) is 3.01. The van der Waals surface area contributed by atoms with Crippen LogP contribution < -0.4 is 0 Å². The van der Waals surface area contributed by atoms with Crippen LogP contribution in [0, 0.1) is 0 Å². The predicted molar refractivity (Wildman–Crippen MR) is 67.7 cm³/mol. The number of aromatic nitrogens is 3. The molecule has 0 bridgehead atoms. The van der Waals surface area contributed by atoms with Crippen LogP contribution in [0.15, 0.2) is 34.9 Å². The summed E-state index contributed by atoms with van der Waals surface area (Å²) in [5.74, 6) is 0. The maximum absolute atomic E-state index is 4.12. The van der Waals surface area contributed by atoms with E-state index in [9.17, 15) is 0 Å². The van der Waals surface area contributed by atoms with Crippen LogP contribution in [0.1, 0.15) is 25.5 Å². The van der Waals surface area contributed by atoms with Gasteiger partial charge in [-0.1, -0.05) is 34.5 Å². The van der Waals surface area contributed by atoms with E-state index in [1.165, 1.54) is 18.5 Å². The van der Waals surface area contributed by atoms with E-state index in [0.717, 1.165) is 16.6 Å². The molecule has 0 radical (unpaired) electrons. The van der Waals surface area contributed by atoms with E-state index in [4.69, 9.17) is 0 Å². The Morgan fingerprint density at radius 2 is 2.00 bits per heavy atom. The number of aryl methyl sites for hydroxylation is 1. The molecule has 0 unspecified atom stereocenters. The average Bonchev–Trinajstić information content (AvgIpc) is 2.75. The normalized spacial score (nSPS) is 10.6. The summed E-state index contributed by atoms with van der Waals surface area (Å²) in [5.41, 5.74) is 2.23. The first-order valence-electron chi connectivity index (χ1n) is 5.47. The van der Waals surface area contributed by atoms with Crippen LogP contribution in [0.4, 0.5) is 0 Å². The lowest BCUT2D eigenvalue weighted by molar-refractivity contribution is 0.715. The first-order chi connectivity index (χ1) is 7.81. The SMILES string of the molecule is CCCCc1cnnn1-c1ccc(Br)cc1. The second-order valence-electron chi connectivity index (χ2n) is 3.72. The van der Waals surface area contributed by atoms with Gasteiger partial charge in [0.1, 0.15) is 0 Å². The Kier molecular flexibility index (Phi) is 3.72. The van der Waals surface area contributed by atoms with Crippen molar-refractivity contribution in [3.63, 3.8) is 0 Å². The summed E-state index contributed by atoms with van der Waals surface area (Å²) in [5, 5.41) is 8.10. The molecule has 1 aromatic heterocycles. The fourth-order valence-corrected chi connectivity index (χ4v) is 1.85. The fraction of sp³-hybridized carbons (Fsp3) is 0.333. The van der Waals surface area contributed by atoms with Crippen molar-refractivity contribution in [3.8, 4) is 5.69 Å². The Labute approximate surface area is 104 Å². The molecule has 0 saturated carbocycles. The highest BCUT2D eigenvalue weighted by atomic mass is 79.9. The van der Waals surface area contributed by atoms with Crippen LogP contribution in [0.25, 0.3) is 5.69 Å². The molecule has 0 aliphatic heterocycles. The minimum Gasteiger partial charge on any atom is -0.218 e. The van der Waals surface area contributed by atoms with Crippen molar-refractivity contribution in [2.75, 3.05) is 0 Å². The molecule has 2 rings (SSSR count). The summed E-state index contributed by atoms with van der Waals surface area (Å²) in [6, 6.07) is 8.10. The van der Waals surface area contributed by atoms with Gasteiger partial charge in [-0.2, -0.15) is 0 Å². The molecule has 0 saturated heterocycles. The lowest BCUT2D eigenvalue weighted by atomic mass is 10.2. The van der Waals surface area contributed by atoms with Gasteiger partial charge in [-0.25, -0.2) is 4.68 Å². The Morgan fingerprint density at radius 3 is 2.69 bits per heavy atom. The smallest absolute Gasteiger partial charge is 0.0729 e. The summed E-state index contributed by atoms with van der Waals surface area (Å²) in [6.07, 6.45) is 5.23. The lowest BCUT2D eigenvalue weighted by Gasteiger charge is -2.05. The Morgan fingerprint density at radius 1 is 1.25 bits per heavy atom. The zero-order valence-corrected chi connectivity index (χ0v) is 10.8. The maximum Gasteiger partial charge on any atom is 0.0729 e. The molecule has 1 heterocycles. The van der Waals surface area contributed by atoms with Gasteiger partial charge in [0.15, 0.2) is 0 Å². The molecule has 4 heteroatoms. The Balaban J connectivity index is 2.26. The van der Waals surface area contributed by atoms with Crippen LogP contribution in [-0.2, 0) is 6.42 Å². The molecule has 0 atom stereocenters. The fourth-order valence-electron chi connectivity index (χ4n) is 1.58. The minimum atomic E-state index is 1.03. The monoisotopic (exact) mass is 279 g/mol. The van der Waals surface area contributed by atoms with Crippen molar-refractivity contribution in [2.24, 2.45) is 0 Å². The van der Waals surface area contributed by atoms with Gasteiger partial charge in [-0.3, -0.25) is 0 Å². The lowest BCUT2D eigenvalue weighted by Crippen LogP contribution is -2.02. The van der Waals surface area contributed by atoms with E-state index in [2.05, 4.69) is 33.2 Å². The topological polar surface area (TPSA) is 30.7 Å². The second kappa shape index (κ2) is 5.25. The molecule has 0 aliphatic carbocycles. The molecule has 0 spiro atoms. The molecule has 0 N–H and O–H groups in total. The minimum absolute atomic E-state index is 1.03. The third-order valence-electron chi connectivity index (χ3n) is 2.48. The van der Waals surface area contributed by atoms with E-state index < -0.39 is 0 Å². The van der Waals surface area contributed by atoms with Gasteiger partial charge >= 0.3 is 0 Å². The molecule has 3 nitrogen and oxygen atoms in total. The summed E-state index contributed by atoms with van der Waals surface area (Å²) in [4.78, 5) is 0. The van der Waals surface area contributed by atoms with Crippen molar-refractivity contribution in [1.29, 1.82) is 0 Å². The van der Waals surface area contributed by atoms with Crippen LogP contribution >= 0.6 is 15.9 Å². The van der Waals surface area contributed by atoms with E-state index in [-0.39, 0.29) is 0 Å². The van der Waals surface area contributed by atoms with Crippen molar-refractivity contribution in [2.45, 2.75) is 26.2 Å². The second-order valence-corrected chi connectivity index (χ2v) is 4.63. The Bertz CT molecular complexity index is 448. The number of rotatable bonds is 4. The third kappa shape index (κ3) is 2.50. The summed E-state index contributed by atoms with van der Waals surface area (Å²) >= 11 is 3.42. The van der Waals surface area contributed by atoms with Gasteiger partial charge in [-0.15, -0.1) is 5.10 Å². The predicted octanol–water partition coefficient (Wildman–Crippen LogP) is 3.37. The first-order valence-corrected chi connectivity index (χ1v) is 6.26. The maximum atomic E-state index is 4.12. The van der Waals surface area contributed by atoms with Gasteiger partial charge in [0.25, 0.3) is 0 Å². The number of hydrogen-bond acceptors (Lipinski definition) is 2. The van der Waals surface area contributed by atoms with Gasteiger partial charge < -0.3 is 0 Å². The van der Waals surface area contributed by atoms with Crippen molar-refractivity contribution in [3.05, 3.63) is 40.6 Å². The standard InChI is InChI=1S/C12H14BrN3/c1-2-3-4-12-9-14-15-16(12)11-7-5-10(13)6-8-11/h5-9H,2-4H2,1H3. The molecular formula is C12H14BrN3. The first kappa shape index (κ1) is 11.3. The van der Waals surface area contributed by atoms with Gasteiger partial charge in [0, 0.05) is 4.47 Å². The molecule has 0 aliphatic rings. The molecular weight excluding hydrogens is 266 g/mol. The van der Waals surface area contributed by atoms with Gasteiger partial charge in [-0.05, 0) is 37.1 Å². The van der Waals surface area contributed by atoms with Crippen LogP contribution in [0.2, 0.25) is 0 Å². The molecule has 0 amide bonds. The molecule has 0 fully saturated rings. The van der Waals surface area contributed by atoms with Crippen molar-refractivity contribution >= 4 is 15.9 Å². The number of nitrogens with zero attached hydrogens (tertiary/aromatic N) is 3. The highest BCUT2D eigenvalue weighted by Crippen LogP contribution is 2.15. The number of benzene rings is 1. The zero-order chi connectivity index (χ0) is 11.4. The summed E-state index contributed by atoms with van der Waals surface area (Å²) < 4.78 is 2.98. The Hall–Kier alpha value is -1.16. The highest BCUT2D eigenvalue weighted by Gasteiger charge is 2.05. The number of halogens is 1. The zero-order valence-electron chi connectivity index (χ0n) is 9.23. The van der Waals surface area contributed by atoms with Crippen molar-refractivity contribution < 1.29 is 0 Å². The molecule has 2 aromatic rings. The number of unbranched alkanes of at least 4 members (excludes halogenated alkanes) is 1. The van der Waals surface area contributed by atoms with E-state index >= 15 is 0 Å².